The lowest BCUT2D eigenvalue weighted by atomic mass is 9.97. The van der Waals surface area contributed by atoms with Gasteiger partial charge in [0, 0.05) is 6.92 Å². The maximum atomic E-state index is 13.1. The molecular formula is C29H26O10. The van der Waals surface area contributed by atoms with Gasteiger partial charge in [0.2, 0.25) is 0 Å². The van der Waals surface area contributed by atoms with Gasteiger partial charge in [-0.25, -0.2) is 14.4 Å². The Morgan fingerprint density at radius 3 is 1.44 bits per heavy atom. The predicted molar refractivity (Wildman–Crippen MR) is 134 cm³/mol. The first-order valence-electron chi connectivity index (χ1n) is 12.1. The van der Waals surface area contributed by atoms with Crippen molar-refractivity contribution in [3.63, 3.8) is 0 Å². The van der Waals surface area contributed by atoms with Gasteiger partial charge in [0.05, 0.1) is 16.7 Å². The number of aliphatic hydroxyl groups is 1. The number of carbonyl (C=O) groups is 4. The summed E-state index contributed by atoms with van der Waals surface area (Å²) in [6, 6.07) is 23.9. The van der Waals surface area contributed by atoms with Crippen LogP contribution in [0.3, 0.4) is 0 Å². The number of esters is 4. The summed E-state index contributed by atoms with van der Waals surface area (Å²) < 4.78 is 27.6. The molecule has 0 bridgehead atoms. The summed E-state index contributed by atoms with van der Waals surface area (Å²) in [6.45, 7) is 0.722. The minimum Gasteiger partial charge on any atom is -0.463 e. The first-order valence-corrected chi connectivity index (χ1v) is 12.1. The summed E-state index contributed by atoms with van der Waals surface area (Å²) in [5, 5.41) is 10.9. The minimum atomic E-state index is -1.82. The van der Waals surface area contributed by atoms with Crippen molar-refractivity contribution >= 4 is 23.9 Å². The van der Waals surface area contributed by atoms with E-state index in [9.17, 15) is 24.3 Å². The summed E-state index contributed by atoms with van der Waals surface area (Å²) in [7, 11) is 0. The number of aliphatic hydroxyl groups excluding tert-OH is 1. The van der Waals surface area contributed by atoms with E-state index in [1.165, 1.54) is 43.3 Å². The molecule has 0 amide bonds. The number of hydrogen-bond acceptors (Lipinski definition) is 10. The highest BCUT2D eigenvalue weighted by Crippen LogP contribution is 2.30. The predicted octanol–water partition coefficient (Wildman–Crippen LogP) is 2.94. The lowest BCUT2D eigenvalue weighted by Crippen LogP contribution is -2.62. The highest BCUT2D eigenvalue weighted by molar-refractivity contribution is 5.91. The number of hydrogen-bond donors (Lipinski definition) is 1. The van der Waals surface area contributed by atoms with Crippen LogP contribution in [0.4, 0.5) is 0 Å². The van der Waals surface area contributed by atoms with Crippen molar-refractivity contribution in [2.75, 3.05) is 6.61 Å². The van der Waals surface area contributed by atoms with Crippen molar-refractivity contribution in [1.82, 2.24) is 0 Å². The Hall–Kier alpha value is -4.54. The summed E-state index contributed by atoms with van der Waals surface area (Å²) in [6.07, 6.45) is -7.67. The van der Waals surface area contributed by atoms with E-state index in [-0.39, 0.29) is 16.7 Å². The van der Waals surface area contributed by atoms with Crippen LogP contribution in [0.15, 0.2) is 91.0 Å². The van der Waals surface area contributed by atoms with E-state index in [1.54, 1.807) is 54.6 Å². The number of benzene rings is 3. The summed E-state index contributed by atoms with van der Waals surface area (Å²) >= 11 is 0. The molecule has 0 aromatic heterocycles. The summed E-state index contributed by atoms with van der Waals surface area (Å²) in [4.78, 5) is 50.5. The average Bonchev–Trinajstić information content (AvgIpc) is 2.96. The van der Waals surface area contributed by atoms with Crippen molar-refractivity contribution in [3.8, 4) is 0 Å². The van der Waals surface area contributed by atoms with Crippen LogP contribution in [-0.4, -0.2) is 66.3 Å². The zero-order chi connectivity index (χ0) is 27.8. The molecule has 1 N–H and O–H groups in total. The number of rotatable bonds is 8. The van der Waals surface area contributed by atoms with Crippen LogP contribution in [0, 0.1) is 0 Å². The third-order valence-electron chi connectivity index (χ3n) is 5.82. The molecule has 1 fully saturated rings. The Kier molecular flexibility index (Phi) is 9.03. The van der Waals surface area contributed by atoms with Crippen LogP contribution in [0.1, 0.15) is 38.0 Å². The maximum Gasteiger partial charge on any atom is 0.338 e. The van der Waals surface area contributed by atoms with E-state index in [0.29, 0.717) is 0 Å². The summed E-state index contributed by atoms with van der Waals surface area (Å²) in [5.41, 5.74) is 0.509. The Morgan fingerprint density at radius 2 is 1.03 bits per heavy atom. The second kappa shape index (κ2) is 12.8. The van der Waals surface area contributed by atoms with Crippen molar-refractivity contribution < 1.29 is 48.0 Å². The molecule has 0 saturated carbocycles. The molecule has 4 unspecified atom stereocenters. The van der Waals surface area contributed by atoms with E-state index in [0.717, 1.165) is 0 Å². The zero-order valence-electron chi connectivity index (χ0n) is 20.9. The Labute approximate surface area is 224 Å². The highest BCUT2D eigenvalue weighted by atomic mass is 16.7. The number of carbonyl (C=O) groups excluding carboxylic acids is 4. The second-order valence-electron chi connectivity index (χ2n) is 8.58. The molecule has 1 aliphatic heterocycles. The third kappa shape index (κ3) is 7.07. The van der Waals surface area contributed by atoms with Crippen LogP contribution in [0.5, 0.6) is 0 Å². The van der Waals surface area contributed by atoms with Gasteiger partial charge in [0.25, 0.3) is 0 Å². The zero-order valence-corrected chi connectivity index (χ0v) is 20.9. The van der Waals surface area contributed by atoms with Gasteiger partial charge in [0.1, 0.15) is 12.7 Å². The van der Waals surface area contributed by atoms with E-state index in [1.807, 2.05) is 0 Å². The Morgan fingerprint density at radius 1 is 0.641 bits per heavy atom. The molecule has 0 spiro atoms. The minimum absolute atomic E-state index is 0.163. The first-order chi connectivity index (χ1) is 18.8. The van der Waals surface area contributed by atoms with E-state index >= 15 is 0 Å². The molecule has 10 heteroatoms. The molecule has 202 valence electrons. The van der Waals surface area contributed by atoms with Crippen LogP contribution in [-0.2, 0) is 28.5 Å². The Bertz CT molecular complexity index is 1280. The fraction of sp³-hybridized carbons (Fsp3) is 0.241. The van der Waals surface area contributed by atoms with Gasteiger partial charge < -0.3 is 28.8 Å². The average molecular weight is 535 g/mol. The van der Waals surface area contributed by atoms with Crippen LogP contribution >= 0.6 is 0 Å². The molecule has 0 radical (unpaired) electrons. The SMILES string of the molecule is CC(=O)OCC1OC(O)C(OC(=O)c2ccccc2)[C@H](OC(=O)c2ccccc2)C1OC(=O)c1ccccc1. The van der Waals surface area contributed by atoms with Gasteiger partial charge in [-0.3, -0.25) is 4.79 Å². The molecule has 3 aromatic carbocycles. The van der Waals surface area contributed by atoms with Crippen LogP contribution in [0.2, 0.25) is 0 Å². The largest absolute Gasteiger partial charge is 0.463 e. The summed E-state index contributed by atoms with van der Waals surface area (Å²) in [5.74, 6) is -3.13. The molecule has 10 nitrogen and oxygen atoms in total. The smallest absolute Gasteiger partial charge is 0.338 e. The van der Waals surface area contributed by atoms with Gasteiger partial charge in [-0.05, 0) is 36.4 Å². The quantitative estimate of drug-likeness (QED) is 0.339. The third-order valence-corrected chi connectivity index (χ3v) is 5.82. The lowest BCUT2D eigenvalue weighted by Gasteiger charge is -2.42. The van der Waals surface area contributed by atoms with Gasteiger partial charge in [-0.1, -0.05) is 54.6 Å². The lowest BCUT2D eigenvalue weighted by molar-refractivity contribution is -0.285. The van der Waals surface area contributed by atoms with E-state index in [2.05, 4.69) is 0 Å². The normalized spacial score (nSPS) is 22.3. The molecule has 5 atom stereocenters. The molecule has 0 aliphatic carbocycles. The van der Waals surface area contributed by atoms with Crippen molar-refractivity contribution in [3.05, 3.63) is 108 Å². The maximum absolute atomic E-state index is 13.1. The van der Waals surface area contributed by atoms with Gasteiger partial charge >= 0.3 is 23.9 Å². The number of ether oxygens (including phenoxy) is 5. The van der Waals surface area contributed by atoms with Crippen molar-refractivity contribution in [2.45, 2.75) is 37.6 Å². The molecular weight excluding hydrogens is 508 g/mol. The van der Waals surface area contributed by atoms with Crippen molar-refractivity contribution in [1.29, 1.82) is 0 Å². The Balaban J connectivity index is 1.69. The topological polar surface area (TPSA) is 135 Å². The molecule has 1 aliphatic rings. The fourth-order valence-electron chi connectivity index (χ4n) is 3.93. The van der Waals surface area contributed by atoms with E-state index < -0.39 is 61.2 Å². The van der Waals surface area contributed by atoms with Gasteiger partial charge in [0.15, 0.2) is 24.6 Å². The van der Waals surface area contributed by atoms with Crippen LogP contribution < -0.4 is 0 Å². The standard InChI is InChI=1S/C29H26O10/c1-18(30)35-17-22-23(37-26(31)19-11-5-2-6-12-19)24(38-27(32)20-13-7-3-8-14-20)25(29(34)36-22)39-28(33)21-15-9-4-10-16-21/h2-16,22-25,29,34H,17H2,1H3/t22?,23?,24-,25?,29?/m1/s1. The molecule has 1 heterocycles. The van der Waals surface area contributed by atoms with Gasteiger partial charge in [-0.15, -0.1) is 0 Å². The molecule has 1 saturated heterocycles. The first kappa shape index (κ1) is 27.5. The fourth-order valence-corrected chi connectivity index (χ4v) is 3.93. The highest BCUT2D eigenvalue weighted by Gasteiger charge is 2.52. The van der Waals surface area contributed by atoms with Crippen LogP contribution in [0.25, 0.3) is 0 Å². The van der Waals surface area contributed by atoms with Gasteiger partial charge in [-0.2, -0.15) is 0 Å². The molecule has 4 rings (SSSR count). The van der Waals surface area contributed by atoms with E-state index in [4.69, 9.17) is 23.7 Å². The van der Waals surface area contributed by atoms with Crippen molar-refractivity contribution in [2.24, 2.45) is 0 Å². The monoisotopic (exact) mass is 534 g/mol. The molecule has 3 aromatic rings. The second-order valence-corrected chi connectivity index (χ2v) is 8.58. The molecule has 39 heavy (non-hydrogen) atoms.